The molecule has 1 amide bonds. The van der Waals surface area contributed by atoms with E-state index in [-0.39, 0.29) is 11.8 Å². The minimum atomic E-state index is -1.03. The van der Waals surface area contributed by atoms with Crippen LogP contribution in [0, 0.1) is 11.3 Å². The van der Waals surface area contributed by atoms with Gasteiger partial charge >= 0.3 is 5.97 Å². The molecule has 0 aromatic heterocycles. The number of amides is 1. The highest BCUT2D eigenvalue weighted by Gasteiger charge is 2.24. The predicted molar refractivity (Wildman–Crippen MR) is 148 cm³/mol. The summed E-state index contributed by atoms with van der Waals surface area (Å²) in [5, 5.41) is 12.2. The zero-order valence-corrected chi connectivity index (χ0v) is 23.2. The van der Waals surface area contributed by atoms with Gasteiger partial charge in [0.1, 0.15) is 11.8 Å². The van der Waals surface area contributed by atoms with E-state index < -0.39 is 12.0 Å². The number of aliphatic carboxylic acids is 1. The summed E-state index contributed by atoms with van der Waals surface area (Å²) in [6.07, 6.45) is 5.02. The third-order valence-electron chi connectivity index (χ3n) is 6.89. The van der Waals surface area contributed by atoms with Crippen molar-refractivity contribution in [1.82, 2.24) is 10.2 Å². The summed E-state index contributed by atoms with van der Waals surface area (Å²) in [6, 6.07) is 13.2. The number of carboxylic acid groups (broad SMARTS) is 1. The van der Waals surface area contributed by atoms with Crippen molar-refractivity contribution in [1.29, 1.82) is 0 Å². The quantitative estimate of drug-likeness (QED) is 0.507. The lowest BCUT2D eigenvalue weighted by Crippen LogP contribution is -2.44. The molecule has 1 aliphatic heterocycles. The van der Waals surface area contributed by atoms with Gasteiger partial charge in [0, 0.05) is 18.5 Å². The van der Waals surface area contributed by atoms with Crippen LogP contribution in [-0.2, 0) is 17.8 Å². The lowest BCUT2D eigenvalue weighted by molar-refractivity contribution is -0.140. The molecule has 0 fully saturated rings. The van der Waals surface area contributed by atoms with E-state index in [1.54, 1.807) is 19.9 Å². The van der Waals surface area contributed by atoms with E-state index in [9.17, 15) is 14.7 Å². The van der Waals surface area contributed by atoms with Crippen LogP contribution in [-0.4, -0.2) is 47.6 Å². The molecule has 2 aromatic rings. The Morgan fingerprint density at radius 1 is 1.05 bits per heavy atom. The number of rotatable bonds is 6. The van der Waals surface area contributed by atoms with Gasteiger partial charge in [0.15, 0.2) is 0 Å². The summed E-state index contributed by atoms with van der Waals surface area (Å²) in [5.74, 6) is -0.845. The minimum Gasteiger partial charge on any atom is -0.493 e. The van der Waals surface area contributed by atoms with Crippen LogP contribution >= 0.6 is 0 Å². The second-order valence-corrected chi connectivity index (χ2v) is 11.8. The Morgan fingerprint density at radius 2 is 1.81 bits per heavy atom. The molecule has 1 aliphatic rings. The normalized spacial score (nSPS) is 16.3. The smallest absolute Gasteiger partial charge is 0.326 e. The zero-order chi connectivity index (χ0) is 27.0. The molecule has 2 N–H and O–H groups in total. The first-order chi connectivity index (χ1) is 17.5. The van der Waals surface area contributed by atoms with E-state index in [2.05, 4.69) is 55.3 Å². The van der Waals surface area contributed by atoms with Crippen molar-refractivity contribution in [3.05, 3.63) is 64.7 Å². The summed E-state index contributed by atoms with van der Waals surface area (Å²) < 4.78 is 6.18. The lowest BCUT2D eigenvalue weighted by atomic mass is 9.92. The van der Waals surface area contributed by atoms with Crippen molar-refractivity contribution >= 4 is 11.9 Å². The van der Waals surface area contributed by atoms with Gasteiger partial charge in [-0.3, -0.25) is 9.69 Å². The number of hydrogen-bond donors (Lipinski definition) is 2. The Morgan fingerprint density at radius 3 is 2.51 bits per heavy atom. The van der Waals surface area contributed by atoms with Crippen molar-refractivity contribution < 1.29 is 19.4 Å². The van der Waals surface area contributed by atoms with Crippen LogP contribution in [0.2, 0.25) is 0 Å². The molecule has 1 heterocycles. The number of fused-ring (bicyclic) bond motifs is 3. The highest BCUT2D eigenvalue weighted by atomic mass is 16.5. The number of carbonyl (C=O) groups excluding carboxylic acids is 1. The van der Waals surface area contributed by atoms with Crippen LogP contribution in [0.1, 0.15) is 87.4 Å². The van der Waals surface area contributed by atoms with E-state index in [1.807, 2.05) is 12.1 Å². The van der Waals surface area contributed by atoms with E-state index in [0.717, 1.165) is 56.6 Å². The third-order valence-corrected chi connectivity index (χ3v) is 6.89. The van der Waals surface area contributed by atoms with Gasteiger partial charge in [-0.25, -0.2) is 4.79 Å². The zero-order valence-electron chi connectivity index (χ0n) is 23.2. The Hall–Kier alpha value is -2.86. The highest BCUT2D eigenvalue weighted by molar-refractivity contribution is 5.97. The molecule has 0 aliphatic carbocycles. The number of nitrogens with zero attached hydrogens (tertiary/aromatic N) is 1. The molecule has 6 heteroatoms. The first kappa shape index (κ1) is 28.7. The van der Waals surface area contributed by atoms with Gasteiger partial charge in [0.25, 0.3) is 5.91 Å². The van der Waals surface area contributed by atoms with Crippen LogP contribution in [0.5, 0.6) is 5.75 Å². The molecule has 0 saturated carbocycles. The molecule has 0 unspecified atom stereocenters. The van der Waals surface area contributed by atoms with Crippen LogP contribution in [0.4, 0.5) is 0 Å². The average molecular weight is 509 g/mol. The number of ether oxygens (including phenoxy) is 1. The van der Waals surface area contributed by atoms with Crippen LogP contribution in [0.15, 0.2) is 42.5 Å². The fraction of sp³-hybridized carbons (Fsp3) is 0.548. The third kappa shape index (κ3) is 9.19. The second-order valence-electron chi connectivity index (χ2n) is 11.8. The number of benzene rings is 2. The highest BCUT2D eigenvalue weighted by Crippen LogP contribution is 2.26. The van der Waals surface area contributed by atoms with E-state index >= 15 is 0 Å². The van der Waals surface area contributed by atoms with E-state index in [0.29, 0.717) is 24.0 Å². The maximum Gasteiger partial charge on any atom is 0.326 e. The molecule has 0 radical (unpaired) electrons. The Kier molecular flexibility index (Phi) is 10.2. The van der Waals surface area contributed by atoms with Crippen molar-refractivity contribution in [3.8, 4) is 5.75 Å². The monoisotopic (exact) mass is 508 g/mol. The van der Waals surface area contributed by atoms with Crippen molar-refractivity contribution in [2.75, 3.05) is 19.7 Å². The Bertz CT molecular complexity index is 1060. The van der Waals surface area contributed by atoms with Crippen LogP contribution in [0.3, 0.4) is 0 Å². The summed E-state index contributed by atoms with van der Waals surface area (Å²) in [4.78, 5) is 27.1. The molecule has 1 atom stereocenters. The first-order valence-corrected chi connectivity index (χ1v) is 13.6. The Labute approximate surface area is 222 Å². The van der Waals surface area contributed by atoms with Gasteiger partial charge in [-0.05, 0) is 85.0 Å². The summed E-state index contributed by atoms with van der Waals surface area (Å²) in [5.41, 5.74) is 4.14. The minimum absolute atomic E-state index is 0.215. The molecule has 2 aromatic carbocycles. The molecule has 202 valence electrons. The lowest BCUT2D eigenvalue weighted by Gasteiger charge is -2.27. The maximum absolute atomic E-state index is 12.9. The molecule has 0 spiro atoms. The maximum atomic E-state index is 12.9. The molecule has 37 heavy (non-hydrogen) atoms. The van der Waals surface area contributed by atoms with Crippen LogP contribution < -0.4 is 10.1 Å². The number of carboxylic acids is 1. The average Bonchev–Trinajstić information content (AvgIpc) is 2.82. The van der Waals surface area contributed by atoms with E-state index in [4.69, 9.17) is 4.74 Å². The van der Waals surface area contributed by atoms with Crippen molar-refractivity contribution in [3.63, 3.8) is 0 Å². The molecular formula is C31H44N2O4. The molecule has 2 bridgehead atoms. The van der Waals surface area contributed by atoms with Gasteiger partial charge in [-0.15, -0.1) is 0 Å². The van der Waals surface area contributed by atoms with Gasteiger partial charge in [-0.2, -0.15) is 0 Å². The molecule has 0 saturated heterocycles. The molecular weight excluding hydrogens is 464 g/mol. The Balaban J connectivity index is 1.85. The molecule has 6 nitrogen and oxygen atoms in total. The van der Waals surface area contributed by atoms with Crippen LogP contribution in [0.25, 0.3) is 0 Å². The summed E-state index contributed by atoms with van der Waals surface area (Å²) >= 11 is 0. The number of nitrogens with one attached hydrogen (secondary N) is 1. The number of hydrogen-bond acceptors (Lipinski definition) is 4. The molecule has 3 rings (SSSR count). The number of carbonyl (C=O) groups is 2. The SMILES string of the molecule is CC(C)[C@H](NC(=O)c1ccc2c(c1)Cc1cccc(c1)CN(CCC(C)(C)C)CCCCCO2)C(=O)O. The summed E-state index contributed by atoms with van der Waals surface area (Å²) in [6.45, 7) is 14.2. The topological polar surface area (TPSA) is 78.9 Å². The van der Waals surface area contributed by atoms with Gasteiger partial charge in [0.05, 0.1) is 6.61 Å². The first-order valence-electron chi connectivity index (χ1n) is 13.6. The van der Waals surface area contributed by atoms with Gasteiger partial charge in [-0.1, -0.05) is 58.9 Å². The van der Waals surface area contributed by atoms with Crippen molar-refractivity contribution in [2.24, 2.45) is 11.3 Å². The van der Waals surface area contributed by atoms with Gasteiger partial charge < -0.3 is 15.2 Å². The fourth-order valence-corrected chi connectivity index (χ4v) is 4.61. The van der Waals surface area contributed by atoms with E-state index in [1.165, 1.54) is 11.1 Å². The van der Waals surface area contributed by atoms with Crippen molar-refractivity contribution in [2.45, 2.75) is 79.3 Å². The largest absolute Gasteiger partial charge is 0.493 e. The fourth-order valence-electron chi connectivity index (χ4n) is 4.61. The van der Waals surface area contributed by atoms with Gasteiger partial charge in [0.2, 0.25) is 0 Å². The summed E-state index contributed by atoms with van der Waals surface area (Å²) in [7, 11) is 0. The standard InChI is InChI=1S/C31H44N2O4/c1-22(2)28(30(35)36)32-29(34)25-12-13-27-26(20-25)19-23-10-9-11-24(18-23)21-33(16-14-31(3,4)5)15-7-6-8-17-37-27/h9-13,18,20,22,28H,6-8,14-17,19,21H2,1-5H3,(H,32,34)(H,35,36)/t28-/m0/s1. The second kappa shape index (κ2) is 13.1. The predicted octanol–water partition coefficient (Wildman–Crippen LogP) is 5.92.